The fourth-order valence-electron chi connectivity index (χ4n) is 3.08. The number of nitrogens with zero attached hydrogens (tertiary/aromatic N) is 1. The second-order valence-corrected chi connectivity index (χ2v) is 7.67. The van der Waals surface area contributed by atoms with Gasteiger partial charge in [-0.25, -0.2) is 9.59 Å². The molecular weight excluding hydrogens is 449 g/mol. The van der Waals surface area contributed by atoms with E-state index in [0.717, 1.165) is 6.42 Å². The van der Waals surface area contributed by atoms with Crippen LogP contribution in [-0.2, 0) is 16.0 Å². The molecule has 3 aromatic rings. The van der Waals surface area contributed by atoms with Crippen LogP contribution < -0.4 is 4.90 Å². The van der Waals surface area contributed by atoms with Gasteiger partial charge < -0.3 is 15.1 Å². The van der Waals surface area contributed by atoms with Gasteiger partial charge in [0.25, 0.3) is 0 Å². The summed E-state index contributed by atoms with van der Waals surface area (Å²) >= 11 is 12.2. The molecule has 0 aromatic heterocycles. The van der Waals surface area contributed by atoms with Gasteiger partial charge in [-0.3, -0.25) is 0 Å². The van der Waals surface area contributed by atoms with E-state index in [4.69, 9.17) is 33.4 Å². The predicted molar refractivity (Wildman–Crippen MR) is 129 cm³/mol. The molecule has 3 aromatic carbocycles. The summed E-state index contributed by atoms with van der Waals surface area (Å²) in [4.78, 5) is 21.5. The van der Waals surface area contributed by atoms with E-state index in [1.54, 1.807) is 0 Å². The Bertz CT molecular complexity index is 1000. The topological polar surface area (TPSA) is 77.8 Å². The van der Waals surface area contributed by atoms with Crippen molar-refractivity contribution in [3.05, 3.63) is 107 Å². The molecule has 5 nitrogen and oxygen atoms in total. The van der Waals surface area contributed by atoms with Crippen LogP contribution in [-0.4, -0.2) is 28.2 Å². The van der Waals surface area contributed by atoms with Crippen LogP contribution in [0, 0.1) is 0 Å². The zero-order valence-corrected chi connectivity index (χ0v) is 18.9. The Kier molecular flexibility index (Phi) is 9.79. The van der Waals surface area contributed by atoms with Crippen molar-refractivity contribution in [3.63, 3.8) is 0 Å². The lowest BCUT2D eigenvalue weighted by Crippen LogP contribution is -2.30. The van der Waals surface area contributed by atoms with Crippen molar-refractivity contribution in [1.82, 2.24) is 0 Å². The molecule has 166 valence electrons. The van der Waals surface area contributed by atoms with Gasteiger partial charge >= 0.3 is 11.9 Å². The van der Waals surface area contributed by atoms with E-state index in [0.29, 0.717) is 22.2 Å². The van der Waals surface area contributed by atoms with Crippen molar-refractivity contribution >= 4 is 46.5 Å². The number of carboxylic acids is 2. The monoisotopic (exact) mass is 471 g/mol. The normalized spacial score (nSPS) is 11.3. The van der Waals surface area contributed by atoms with Gasteiger partial charge in [-0.15, -0.1) is 0 Å². The van der Waals surface area contributed by atoms with Gasteiger partial charge in [0.1, 0.15) is 0 Å². The maximum atomic E-state index is 9.55. The van der Waals surface area contributed by atoms with E-state index in [1.165, 1.54) is 16.9 Å². The highest BCUT2D eigenvalue weighted by atomic mass is 35.5. The molecule has 3 rings (SSSR count). The van der Waals surface area contributed by atoms with Gasteiger partial charge in [0.15, 0.2) is 0 Å². The van der Waals surface area contributed by atoms with Gasteiger partial charge in [-0.1, -0.05) is 65.7 Å². The fraction of sp³-hybridized carbons (Fsp3) is 0.120. The minimum atomic E-state index is -1.26. The molecule has 0 aliphatic rings. The number of carbonyl (C=O) groups is 2. The Labute approximate surface area is 197 Å². The van der Waals surface area contributed by atoms with Crippen LogP contribution in [0.5, 0.6) is 0 Å². The molecule has 1 unspecified atom stereocenters. The number of hydrogen-bond acceptors (Lipinski definition) is 3. The number of halogens is 2. The second-order valence-electron chi connectivity index (χ2n) is 6.85. The first-order chi connectivity index (χ1) is 15.3. The lowest BCUT2D eigenvalue weighted by Gasteiger charge is -2.32. The van der Waals surface area contributed by atoms with Crippen LogP contribution >= 0.6 is 23.2 Å². The van der Waals surface area contributed by atoms with Gasteiger partial charge in [-0.05, 0) is 55.3 Å². The molecule has 0 saturated carbocycles. The summed E-state index contributed by atoms with van der Waals surface area (Å²) in [6, 6.07) is 27.0. The molecule has 0 heterocycles. The molecule has 0 radical (unpaired) electrons. The average molecular weight is 472 g/mol. The van der Waals surface area contributed by atoms with Crippen LogP contribution in [0.15, 0.2) is 91.0 Å². The van der Waals surface area contributed by atoms with E-state index < -0.39 is 11.9 Å². The third-order valence-corrected chi connectivity index (χ3v) is 5.13. The van der Waals surface area contributed by atoms with Crippen molar-refractivity contribution in [3.8, 4) is 0 Å². The smallest absolute Gasteiger partial charge is 0.328 e. The maximum absolute atomic E-state index is 9.55. The Hall–Kier alpha value is -3.28. The summed E-state index contributed by atoms with van der Waals surface area (Å²) in [7, 11) is 0. The first kappa shape index (κ1) is 25.0. The SMILES string of the molecule is CC(Cc1ccc(Cl)c(Cl)c1)N(c1ccccc1)c1ccccc1.O=C(O)C=CC(=O)O. The summed E-state index contributed by atoms with van der Waals surface area (Å²) in [5.41, 5.74) is 3.53. The first-order valence-corrected chi connectivity index (χ1v) is 10.5. The predicted octanol–water partition coefficient (Wildman–Crippen LogP) is 6.47. The Morgan fingerprint density at radius 2 is 1.28 bits per heavy atom. The third kappa shape index (κ3) is 8.10. The Balaban J connectivity index is 0.000000390. The van der Waals surface area contributed by atoms with Crippen LogP contribution in [0.2, 0.25) is 10.0 Å². The van der Waals surface area contributed by atoms with Crippen molar-refractivity contribution < 1.29 is 19.8 Å². The van der Waals surface area contributed by atoms with Crippen molar-refractivity contribution in [2.45, 2.75) is 19.4 Å². The third-order valence-electron chi connectivity index (χ3n) is 4.39. The number of anilines is 2. The zero-order chi connectivity index (χ0) is 23.5. The van der Waals surface area contributed by atoms with E-state index in [2.05, 4.69) is 60.4 Å². The summed E-state index contributed by atoms with van der Waals surface area (Å²) < 4.78 is 0. The number of para-hydroxylation sites is 2. The molecule has 0 aliphatic carbocycles. The number of rotatable bonds is 7. The fourth-order valence-corrected chi connectivity index (χ4v) is 3.40. The average Bonchev–Trinajstić information content (AvgIpc) is 2.77. The highest BCUT2D eigenvalue weighted by Gasteiger charge is 2.17. The number of hydrogen-bond donors (Lipinski definition) is 2. The van der Waals surface area contributed by atoms with E-state index in [9.17, 15) is 9.59 Å². The van der Waals surface area contributed by atoms with Gasteiger partial charge in [0.2, 0.25) is 0 Å². The minimum Gasteiger partial charge on any atom is -0.478 e. The number of aliphatic carboxylic acids is 2. The molecule has 0 saturated heterocycles. The number of benzene rings is 3. The van der Waals surface area contributed by atoms with E-state index in [-0.39, 0.29) is 6.04 Å². The molecule has 0 amide bonds. The standard InChI is InChI=1S/C21H19Cl2N.C4H4O4/c1-16(14-17-12-13-20(22)21(23)15-17)24(18-8-4-2-5-9-18)19-10-6-3-7-11-19;5-3(6)1-2-4(7)8/h2-13,15-16H,14H2,1H3;1-2H,(H,5,6)(H,7,8). The minimum absolute atomic E-state index is 0.270. The molecule has 32 heavy (non-hydrogen) atoms. The zero-order valence-electron chi connectivity index (χ0n) is 17.4. The first-order valence-electron chi connectivity index (χ1n) is 9.75. The molecule has 7 heteroatoms. The Morgan fingerprint density at radius 1 is 0.812 bits per heavy atom. The lowest BCUT2D eigenvalue weighted by molar-refractivity contribution is -0.134. The van der Waals surface area contributed by atoms with Crippen LogP contribution in [0.25, 0.3) is 0 Å². The van der Waals surface area contributed by atoms with Crippen LogP contribution in [0.4, 0.5) is 11.4 Å². The molecular formula is C25H23Cl2NO4. The highest BCUT2D eigenvalue weighted by molar-refractivity contribution is 6.42. The van der Waals surface area contributed by atoms with Crippen molar-refractivity contribution in [2.24, 2.45) is 0 Å². The lowest BCUT2D eigenvalue weighted by atomic mass is 10.0. The summed E-state index contributed by atoms with van der Waals surface area (Å²) in [5.74, 6) is -2.51. The maximum Gasteiger partial charge on any atom is 0.328 e. The molecule has 1 atom stereocenters. The summed E-state index contributed by atoms with van der Waals surface area (Å²) in [5, 5.41) is 16.8. The number of carboxylic acid groups (broad SMARTS) is 2. The van der Waals surface area contributed by atoms with Gasteiger partial charge in [0.05, 0.1) is 10.0 Å². The van der Waals surface area contributed by atoms with Crippen LogP contribution in [0.1, 0.15) is 12.5 Å². The summed E-state index contributed by atoms with van der Waals surface area (Å²) in [6.45, 7) is 2.22. The quantitative estimate of drug-likeness (QED) is 0.385. The molecule has 0 spiro atoms. The van der Waals surface area contributed by atoms with Gasteiger partial charge in [-0.2, -0.15) is 0 Å². The molecule has 0 bridgehead atoms. The van der Waals surface area contributed by atoms with Gasteiger partial charge in [0, 0.05) is 29.6 Å². The van der Waals surface area contributed by atoms with E-state index >= 15 is 0 Å². The molecule has 0 fully saturated rings. The Morgan fingerprint density at radius 3 is 1.69 bits per heavy atom. The molecule has 0 aliphatic heterocycles. The largest absolute Gasteiger partial charge is 0.478 e. The van der Waals surface area contributed by atoms with Crippen molar-refractivity contribution in [1.29, 1.82) is 0 Å². The molecule has 2 N–H and O–H groups in total. The van der Waals surface area contributed by atoms with E-state index in [1.807, 2.05) is 30.3 Å². The van der Waals surface area contributed by atoms with Crippen molar-refractivity contribution in [2.75, 3.05) is 4.90 Å². The second kappa shape index (κ2) is 12.5. The van der Waals surface area contributed by atoms with Crippen LogP contribution in [0.3, 0.4) is 0 Å². The highest BCUT2D eigenvalue weighted by Crippen LogP contribution is 2.30. The summed E-state index contributed by atoms with van der Waals surface area (Å²) in [6.07, 6.45) is 1.99.